The van der Waals surface area contributed by atoms with Gasteiger partial charge in [0.2, 0.25) is 0 Å². The summed E-state index contributed by atoms with van der Waals surface area (Å²) < 4.78 is 5.51. The standard InChI is InChI=1S/C16H24N2O/c1-3-14(12-17-16-5-6-16)11-15(4-1)13-18-7-2-9-19-10-8-18/h1,3-4,11,16-17H,2,5-10,12-13H2. The maximum absolute atomic E-state index is 5.51. The molecule has 0 spiro atoms. The zero-order valence-electron chi connectivity index (χ0n) is 11.6. The Morgan fingerprint density at radius 3 is 2.95 bits per heavy atom. The summed E-state index contributed by atoms with van der Waals surface area (Å²) in [5.74, 6) is 0. The first-order chi connectivity index (χ1) is 9.40. The van der Waals surface area contributed by atoms with Gasteiger partial charge in [-0.25, -0.2) is 0 Å². The van der Waals surface area contributed by atoms with Gasteiger partial charge in [-0.15, -0.1) is 0 Å². The molecule has 1 aromatic rings. The molecule has 104 valence electrons. The van der Waals surface area contributed by atoms with E-state index in [1.54, 1.807) is 0 Å². The summed E-state index contributed by atoms with van der Waals surface area (Å²) in [6.45, 7) is 6.09. The summed E-state index contributed by atoms with van der Waals surface area (Å²) >= 11 is 0. The van der Waals surface area contributed by atoms with Gasteiger partial charge in [0.05, 0.1) is 6.61 Å². The van der Waals surface area contributed by atoms with E-state index >= 15 is 0 Å². The van der Waals surface area contributed by atoms with Crippen LogP contribution in [0.1, 0.15) is 30.4 Å². The van der Waals surface area contributed by atoms with Crippen molar-refractivity contribution in [3.8, 4) is 0 Å². The Morgan fingerprint density at radius 2 is 2.05 bits per heavy atom. The average Bonchev–Trinajstić information content (AvgIpc) is 3.25. The maximum Gasteiger partial charge on any atom is 0.0593 e. The van der Waals surface area contributed by atoms with E-state index in [0.29, 0.717) is 0 Å². The molecule has 1 aliphatic carbocycles. The fourth-order valence-electron chi connectivity index (χ4n) is 2.60. The highest BCUT2D eigenvalue weighted by Crippen LogP contribution is 2.19. The lowest BCUT2D eigenvalue weighted by atomic mass is 10.1. The summed E-state index contributed by atoms with van der Waals surface area (Å²) in [6, 6.07) is 9.79. The number of hydrogen-bond acceptors (Lipinski definition) is 3. The van der Waals surface area contributed by atoms with Crippen molar-refractivity contribution in [3.63, 3.8) is 0 Å². The van der Waals surface area contributed by atoms with Gasteiger partial charge in [-0.05, 0) is 30.4 Å². The Labute approximate surface area is 115 Å². The van der Waals surface area contributed by atoms with Gasteiger partial charge in [0, 0.05) is 38.8 Å². The van der Waals surface area contributed by atoms with E-state index in [1.165, 1.54) is 24.0 Å². The van der Waals surface area contributed by atoms with E-state index in [2.05, 4.69) is 34.5 Å². The predicted molar refractivity (Wildman–Crippen MR) is 77.0 cm³/mol. The van der Waals surface area contributed by atoms with Crippen molar-refractivity contribution >= 4 is 0 Å². The Hall–Kier alpha value is -0.900. The normalized spacial score (nSPS) is 21.3. The van der Waals surface area contributed by atoms with Crippen molar-refractivity contribution in [1.82, 2.24) is 10.2 Å². The van der Waals surface area contributed by atoms with Crippen molar-refractivity contribution < 1.29 is 4.74 Å². The van der Waals surface area contributed by atoms with Gasteiger partial charge < -0.3 is 10.1 Å². The molecule has 0 atom stereocenters. The minimum Gasteiger partial charge on any atom is -0.380 e. The lowest BCUT2D eigenvalue weighted by molar-refractivity contribution is 0.140. The molecule has 0 bridgehead atoms. The summed E-state index contributed by atoms with van der Waals surface area (Å²) in [7, 11) is 0. The summed E-state index contributed by atoms with van der Waals surface area (Å²) in [5, 5.41) is 3.58. The topological polar surface area (TPSA) is 24.5 Å². The largest absolute Gasteiger partial charge is 0.380 e. The summed E-state index contributed by atoms with van der Waals surface area (Å²) in [5.41, 5.74) is 2.84. The Morgan fingerprint density at radius 1 is 1.16 bits per heavy atom. The van der Waals surface area contributed by atoms with Gasteiger partial charge >= 0.3 is 0 Å². The van der Waals surface area contributed by atoms with E-state index in [1.807, 2.05) is 0 Å². The van der Waals surface area contributed by atoms with Crippen LogP contribution in [-0.4, -0.2) is 37.2 Å². The zero-order valence-corrected chi connectivity index (χ0v) is 11.6. The first kappa shape index (κ1) is 13.1. The van der Waals surface area contributed by atoms with Gasteiger partial charge in [0.15, 0.2) is 0 Å². The number of hydrogen-bond donors (Lipinski definition) is 1. The molecule has 1 saturated heterocycles. The smallest absolute Gasteiger partial charge is 0.0593 e. The second-order valence-corrected chi connectivity index (χ2v) is 5.72. The minimum absolute atomic E-state index is 0.784. The second kappa shape index (κ2) is 6.51. The Bertz CT molecular complexity index is 395. The van der Waals surface area contributed by atoms with Gasteiger partial charge in [-0.2, -0.15) is 0 Å². The van der Waals surface area contributed by atoms with Gasteiger partial charge in [-0.1, -0.05) is 24.3 Å². The molecule has 19 heavy (non-hydrogen) atoms. The predicted octanol–water partition coefficient (Wildman–Crippen LogP) is 2.16. The van der Waals surface area contributed by atoms with Gasteiger partial charge in [-0.3, -0.25) is 4.90 Å². The molecule has 3 nitrogen and oxygen atoms in total. The van der Waals surface area contributed by atoms with Crippen LogP contribution >= 0.6 is 0 Å². The summed E-state index contributed by atoms with van der Waals surface area (Å²) in [6.07, 6.45) is 3.86. The van der Waals surface area contributed by atoms with Crippen LogP contribution in [0, 0.1) is 0 Å². The molecule has 2 aliphatic rings. The number of nitrogens with zero attached hydrogens (tertiary/aromatic N) is 1. The van der Waals surface area contributed by atoms with Crippen molar-refractivity contribution in [2.75, 3.05) is 26.3 Å². The molecule has 2 fully saturated rings. The highest BCUT2D eigenvalue weighted by atomic mass is 16.5. The number of rotatable bonds is 5. The fourth-order valence-corrected chi connectivity index (χ4v) is 2.60. The van der Waals surface area contributed by atoms with Crippen LogP contribution in [-0.2, 0) is 17.8 Å². The van der Waals surface area contributed by atoms with E-state index in [-0.39, 0.29) is 0 Å². The Balaban J connectivity index is 1.54. The van der Waals surface area contributed by atoms with Crippen molar-refractivity contribution in [1.29, 1.82) is 0 Å². The third kappa shape index (κ3) is 4.30. The van der Waals surface area contributed by atoms with E-state index < -0.39 is 0 Å². The Kier molecular flexibility index (Phi) is 4.49. The highest BCUT2D eigenvalue weighted by molar-refractivity contribution is 5.23. The van der Waals surface area contributed by atoms with Crippen LogP contribution in [0.25, 0.3) is 0 Å². The molecule has 0 unspecified atom stereocenters. The van der Waals surface area contributed by atoms with E-state index in [9.17, 15) is 0 Å². The van der Waals surface area contributed by atoms with Crippen LogP contribution in [0.4, 0.5) is 0 Å². The molecule has 0 radical (unpaired) electrons. The third-order valence-corrected chi connectivity index (χ3v) is 3.88. The third-order valence-electron chi connectivity index (χ3n) is 3.88. The first-order valence-electron chi connectivity index (χ1n) is 7.51. The molecule has 3 heteroatoms. The second-order valence-electron chi connectivity index (χ2n) is 5.72. The SMILES string of the molecule is c1cc(CNC2CC2)cc(CN2CCCOCC2)c1. The highest BCUT2D eigenvalue weighted by Gasteiger charge is 2.19. The van der Waals surface area contributed by atoms with Crippen LogP contribution in [0.15, 0.2) is 24.3 Å². The molecule has 1 saturated carbocycles. The molecule has 1 aromatic carbocycles. The van der Waals surface area contributed by atoms with E-state index in [4.69, 9.17) is 4.74 Å². The molecule has 0 aromatic heterocycles. The van der Waals surface area contributed by atoms with E-state index in [0.717, 1.165) is 51.9 Å². The number of ether oxygens (including phenoxy) is 1. The minimum atomic E-state index is 0.784. The van der Waals surface area contributed by atoms with Crippen LogP contribution in [0.2, 0.25) is 0 Å². The van der Waals surface area contributed by atoms with Gasteiger partial charge in [0.25, 0.3) is 0 Å². The average molecular weight is 260 g/mol. The fraction of sp³-hybridized carbons (Fsp3) is 0.625. The first-order valence-corrected chi connectivity index (χ1v) is 7.51. The monoisotopic (exact) mass is 260 g/mol. The van der Waals surface area contributed by atoms with Crippen LogP contribution in [0.3, 0.4) is 0 Å². The lowest BCUT2D eigenvalue weighted by Gasteiger charge is -2.19. The molecule has 0 amide bonds. The molecule has 3 rings (SSSR count). The molecular formula is C16H24N2O. The van der Waals surface area contributed by atoms with Crippen molar-refractivity contribution in [3.05, 3.63) is 35.4 Å². The van der Waals surface area contributed by atoms with Crippen molar-refractivity contribution in [2.24, 2.45) is 0 Å². The van der Waals surface area contributed by atoms with Gasteiger partial charge in [0.1, 0.15) is 0 Å². The molecule has 1 N–H and O–H groups in total. The molecule has 1 heterocycles. The molecular weight excluding hydrogens is 236 g/mol. The maximum atomic E-state index is 5.51. The lowest BCUT2D eigenvalue weighted by Crippen LogP contribution is -2.25. The van der Waals surface area contributed by atoms with Crippen LogP contribution < -0.4 is 5.32 Å². The number of benzene rings is 1. The van der Waals surface area contributed by atoms with Crippen LogP contribution in [0.5, 0.6) is 0 Å². The zero-order chi connectivity index (χ0) is 12.9. The quantitative estimate of drug-likeness (QED) is 0.878. The summed E-state index contributed by atoms with van der Waals surface area (Å²) in [4.78, 5) is 2.50. The number of nitrogens with one attached hydrogen (secondary N) is 1. The molecule has 1 aliphatic heterocycles. The van der Waals surface area contributed by atoms with Crippen molar-refractivity contribution in [2.45, 2.75) is 38.4 Å².